The quantitative estimate of drug-likeness (QED) is 0.472. The van der Waals surface area contributed by atoms with Gasteiger partial charge in [0.1, 0.15) is 23.0 Å². The standard InChI is InChI=1S/2C8H10O3.CH4/c2*1-5-2-7(10)3-6(4-9)8(5)11;/h2*2-3,9-11H,4H2,1H3;1H4. The first-order valence-corrected chi connectivity index (χ1v) is 6.54. The highest BCUT2D eigenvalue weighted by Gasteiger charge is 2.05. The highest BCUT2D eigenvalue weighted by atomic mass is 16.3. The van der Waals surface area contributed by atoms with Crippen molar-refractivity contribution in [1.82, 2.24) is 0 Å². The summed E-state index contributed by atoms with van der Waals surface area (Å²) in [6, 6.07) is 5.55. The fourth-order valence-corrected chi connectivity index (χ4v) is 1.91. The molecule has 128 valence electrons. The minimum absolute atomic E-state index is 0. The SMILES string of the molecule is C.Cc1cc(O)cc(CO)c1O.Cc1cc(O)cc(CO)c1O. The van der Waals surface area contributed by atoms with Crippen LogP contribution in [0.25, 0.3) is 0 Å². The monoisotopic (exact) mass is 324 g/mol. The molecule has 6 heteroatoms. The van der Waals surface area contributed by atoms with E-state index in [4.69, 9.17) is 20.4 Å². The maximum absolute atomic E-state index is 9.25. The van der Waals surface area contributed by atoms with Gasteiger partial charge in [0.05, 0.1) is 13.2 Å². The van der Waals surface area contributed by atoms with E-state index in [1.54, 1.807) is 13.8 Å². The third kappa shape index (κ3) is 5.36. The normalized spacial score (nSPS) is 9.57. The molecule has 0 aromatic heterocycles. The fourth-order valence-electron chi connectivity index (χ4n) is 1.91. The van der Waals surface area contributed by atoms with E-state index in [1.165, 1.54) is 24.3 Å². The van der Waals surface area contributed by atoms with Crippen LogP contribution in [-0.2, 0) is 13.2 Å². The molecule has 0 aliphatic rings. The first kappa shape index (κ1) is 20.6. The van der Waals surface area contributed by atoms with E-state index in [-0.39, 0.29) is 43.6 Å². The molecular formula is C17H24O6. The van der Waals surface area contributed by atoms with Crippen molar-refractivity contribution in [1.29, 1.82) is 0 Å². The number of aliphatic hydroxyl groups is 2. The molecule has 0 aliphatic carbocycles. The Balaban J connectivity index is 0.000000403. The van der Waals surface area contributed by atoms with Crippen molar-refractivity contribution in [2.45, 2.75) is 34.5 Å². The summed E-state index contributed by atoms with van der Waals surface area (Å²) in [6.45, 7) is 2.80. The molecule has 0 spiro atoms. The minimum atomic E-state index is -0.263. The maximum Gasteiger partial charge on any atom is 0.124 e. The van der Waals surface area contributed by atoms with Crippen LogP contribution < -0.4 is 0 Å². The van der Waals surface area contributed by atoms with E-state index >= 15 is 0 Å². The van der Waals surface area contributed by atoms with Crippen LogP contribution in [0, 0.1) is 13.8 Å². The summed E-state index contributed by atoms with van der Waals surface area (Å²) >= 11 is 0. The highest BCUT2D eigenvalue weighted by Crippen LogP contribution is 2.27. The Morgan fingerprint density at radius 1 is 0.652 bits per heavy atom. The number of benzene rings is 2. The van der Waals surface area contributed by atoms with E-state index in [0.717, 1.165) is 0 Å². The molecule has 0 fully saturated rings. The Kier molecular flexibility index (Phi) is 7.93. The lowest BCUT2D eigenvalue weighted by Crippen LogP contribution is -1.86. The molecule has 2 aromatic carbocycles. The Morgan fingerprint density at radius 3 is 1.22 bits per heavy atom. The molecule has 0 saturated heterocycles. The van der Waals surface area contributed by atoms with Crippen molar-refractivity contribution in [3.05, 3.63) is 46.5 Å². The molecule has 0 heterocycles. The van der Waals surface area contributed by atoms with Crippen LogP contribution in [0.15, 0.2) is 24.3 Å². The number of aliphatic hydroxyl groups excluding tert-OH is 2. The lowest BCUT2D eigenvalue weighted by Gasteiger charge is -2.04. The predicted octanol–water partition coefficient (Wildman–Crippen LogP) is 2.43. The zero-order valence-electron chi connectivity index (χ0n) is 12.4. The van der Waals surface area contributed by atoms with Crippen LogP contribution in [0.1, 0.15) is 29.7 Å². The van der Waals surface area contributed by atoms with Gasteiger partial charge in [0, 0.05) is 11.1 Å². The lowest BCUT2D eigenvalue weighted by molar-refractivity contribution is 0.274. The first-order valence-electron chi connectivity index (χ1n) is 6.54. The van der Waals surface area contributed by atoms with E-state index in [2.05, 4.69) is 0 Å². The molecular weight excluding hydrogens is 300 g/mol. The number of hydrogen-bond donors (Lipinski definition) is 6. The highest BCUT2D eigenvalue weighted by molar-refractivity contribution is 5.45. The van der Waals surface area contributed by atoms with Gasteiger partial charge in [-0.3, -0.25) is 0 Å². The zero-order valence-corrected chi connectivity index (χ0v) is 12.4. The van der Waals surface area contributed by atoms with Crippen molar-refractivity contribution in [2.75, 3.05) is 0 Å². The van der Waals surface area contributed by atoms with E-state index in [0.29, 0.717) is 22.3 Å². The van der Waals surface area contributed by atoms with Crippen LogP contribution in [-0.4, -0.2) is 30.6 Å². The molecule has 0 aliphatic heterocycles. The molecule has 0 radical (unpaired) electrons. The third-order valence-electron chi connectivity index (χ3n) is 3.07. The topological polar surface area (TPSA) is 121 Å². The van der Waals surface area contributed by atoms with Gasteiger partial charge in [-0.1, -0.05) is 7.43 Å². The van der Waals surface area contributed by atoms with E-state index in [1.807, 2.05) is 0 Å². The average molecular weight is 324 g/mol. The van der Waals surface area contributed by atoms with E-state index in [9.17, 15) is 10.2 Å². The predicted molar refractivity (Wildman–Crippen MR) is 87.6 cm³/mol. The second-order valence-electron chi connectivity index (χ2n) is 4.86. The Bertz CT molecular complexity index is 595. The van der Waals surface area contributed by atoms with Crippen LogP contribution in [0.3, 0.4) is 0 Å². The Morgan fingerprint density at radius 2 is 0.957 bits per heavy atom. The maximum atomic E-state index is 9.25. The van der Waals surface area contributed by atoms with Gasteiger partial charge in [-0.05, 0) is 49.2 Å². The zero-order chi connectivity index (χ0) is 16.9. The summed E-state index contributed by atoms with van der Waals surface area (Å²) in [5.74, 6) is 0.212. The second-order valence-corrected chi connectivity index (χ2v) is 4.86. The summed E-state index contributed by atoms with van der Waals surface area (Å²) in [5.41, 5.74) is 1.83. The van der Waals surface area contributed by atoms with Crippen LogP contribution in [0.5, 0.6) is 23.0 Å². The van der Waals surface area contributed by atoms with Gasteiger partial charge >= 0.3 is 0 Å². The van der Waals surface area contributed by atoms with Gasteiger partial charge in [0.15, 0.2) is 0 Å². The van der Waals surface area contributed by atoms with Crippen LogP contribution in [0.4, 0.5) is 0 Å². The molecule has 0 amide bonds. The van der Waals surface area contributed by atoms with Crippen molar-refractivity contribution < 1.29 is 30.6 Å². The molecule has 2 rings (SSSR count). The fraction of sp³-hybridized carbons (Fsp3) is 0.294. The Labute approximate surface area is 135 Å². The summed E-state index contributed by atoms with van der Waals surface area (Å²) in [6.07, 6.45) is 0. The third-order valence-corrected chi connectivity index (χ3v) is 3.07. The van der Waals surface area contributed by atoms with Gasteiger partial charge in [-0.25, -0.2) is 0 Å². The molecule has 6 N–H and O–H groups in total. The van der Waals surface area contributed by atoms with Crippen molar-refractivity contribution in [3.8, 4) is 23.0 Å². The molecule has 0 bridgehead atoms. The summed E-state index contributed by atoms with van der Waals surface area (Å²) < 4.78 is 0. The molecule has 0 unspecified atom stereocenters. The van der Waals surface area contributed by atoms with Crippen molar-refractivity contribution >= 4 is 0 Å². The van der Waals surface area contributed by atoms with Crippen LogP contribution >= 0.6 is 0 Å². The minimum Gasteiger partial charge on any atom is -0.508 e. The van der Waals surface area contributed by atoms with Crippen molar-refractivity contribution in [2.24, 2.45) is 0 Å². The van der Waals surface area contributed by atoms with Gasteiger partial charge in [0.25, 0.3) is 0 Å². The van der Waals surface area contributed by atoms with Gasteiger partial charge in [-0.2, -0.15) is 0 Å². The summed E-state index contributed by atoms with van der Waals surface area (Å²) in [5, 5.41) is 53.9. The molecule has 0 atom stereocenters. The Hall–Kier alpha value is -2.44. The summed E-state index contributed by atoms with van der Waals surface area (Å²) in [7, 11) is 0. The molecule has 6 nitrogen and oxygen atoms in total. The molecule has 23 heavy (non-hydrogen) atoms. The van der Waals surface area contributed by atoms with Gasteiger partial charge in [0.2, 0.25) is 0 Å². The number of rotatable bonds is 2. The summed E-state index contributed by atoms with van der Waals surface area (Å²) in [4.78, 5) is 0. The number of phenols is 4. The molecule has 0 saturated carbocycles. The van der Waals surface area contributed by atoms with Gasteiger partial charge < -0.3 is 30.6 Å². The lowest BCUT2D eigenvalue weighted by atomic mass is 10.1. The second kappa shape index (κ2) is 8.87. The first-order chi connectivity index (χ1) is 10.3. The average Bonchev–Trinajstić information content (AvgIpc) is 2.47. The van der Waals surface area contributed by atoms with Crippen LogP contribution in [0.2, 0.25) is 0 Å². The number of aromatic hydroxyl groups is 4. The van der Waals surface area contributed by atoms with Gasteiger partial charge in [-0.15, -0.1) is 0 Å². The molecule has 2 aromatic rings. The largest absolute Gasteiger partial charge is 0.508 e. The van der Waals surface area contributed by atoms with Crippen molar-refractivity contribution in [3.63, 3.8) is 0 Å². The number of hydrogen-bond acceptors (Lipinski definition) is 6. The smallest absolute Gasteiger partial charge is 0.124 e. The van der Waals surface area contributed by atoms with E-state index < -0.39 is 0 Å². The number of phenolic OH excluding ortho intramolecular Hbond substituents is 2. The number of aryl methyl sites for hydroxylation is 2.